The minimum Gasteiger partial charge on any atom is -0.322 e. The van der Waals surface area contributed by atoms with E-state index in [2.05, 4.69) is 26.2 Å². The van der Waals surface area contributed by atoms with E-state index >= 15 is 0 Å². The Balaban J connectivity index is 1.85. The van der Waals surface area contributed by atoms with E-state index in [-0.39, 0.29) is 12.2 Å². The maximum absolute atomic E-state index is 13.5. The molecule has 0 aliphatic carbocycles. The molecule has 0 atom stereocenters. The Bertz CT molecular complexity index is 1000. The number of nitrogens with zero attached hydrogens (tertiary/aromatic N) is 2. The lowest BCUT2D eigenvalue weighted by Gasteiger charge is -2.09. The van der Waals surface area contributed by atoms with Gasteiger partial charge in [-0.05, 0) is 30.3 Å². The Labute approximate surface area is 143 Å². The first-order valence-corrected chi connectivity index (χ1v) is 7.63. The minimum atomic E-state index is -0.892. The Morgan fingerprint density at radius 1 is 1.21 bits per heavy atom. The van der Waals surface area contributed by atoms with Gasteiger partial charge in [-0.2, -0.15) is 0 Å². The van der Waals surface area contributed by atoms with Crippen molar-refractivity contribution in [3.8, 4) is 0 Å². The van der Waals surface area contributed by atoms with Crippen LogP contribution in [0.25, 0.3) is 10.9 Å². The number of benzene rings is 2. The number of hydrogen-bond acceptors (Lipinski definition) is 3. The van der Waals surface area contributed by atoms with E-state index in [0.717, 1.165) is 16.7 Å². The van der Waals surface area contributed by atoms with Gasteiger partial charge in [-0.25, -0.2) is 13.8 Å². The summed E-state index contributed by atoms with van der Waals surface area (Å²) in [4.78, 5) is 28.5. The number of aromatic nitrogens is 2. The van der Waals surface area contributed by atoms with E-state index in [4.69, 9.17) is 0 Å². The van der Waals surface area contributed by atoms with Crippen LogP contribution < -0.4 is 10.9 Å². The summed E-state index contributed by atoms with van der Waals surface area (Å²) in [7, 11) is 0. The molecular weight excluding hydrogens is 384 g/mol. The monoisotopic (exact) mass is 393 g/mol. The Kier molecular flexibility index (Phi) is 4.39. The van der Waals surface area contributed by atoms with Crippen LogP contribution in [0.2, 0.25) is 0 Å². The van der Waals surface area contributed by atoms with E-state index in [1.54, 1.807) is 18.2 Å². The fraction of sp³-hybridized carbons (Fsp3) is 0.0625. The van der Waals surface area contributed by atoms with Gasteiger partial charge >= 0.3 is 0 Å². The topological polar surface area (TPSA) is 64.0 Å². The summed E-state index contributed by atoms with van der Waals surface area (Å²) < 4.78 is 28.2. The summed E-state index contributed by atoms with van der Waals surface area (Å²) in [5.41, 5.74) is -0.0496. The minimum absolute atomic E-state index is 0.161. The molecule has 8 heteroatoms. The van der Waals surface area contributed by atoms with Crippen LogP contribution in [0.3, 0.4) is 0 Å². The lowest BCUT2D eigenvalue weighted by atomic mass is 10.2. The zero-order chi connectivity index (χ0) is 17.3. The number of rotatable bonds is 3. The number of fused-ring (bicyclic) bond motifs is 1. The predicted molar refractivity (Wildman–Crippen MR) is 88.7 cm³/mol. The van der Waals surface area contributed by atoms with E-state index < -0.39 is 23.1 Å². The van der Waals surface area contributed by atoms with Gasteiger partial charge in [0.25, 0.3) is 5.56 Å². The molecule has 0 spiro atoms. The number of carbonyl (C=O) groups is 1. The van der Waals surface area contributed by atoms with E-state index in [1.807, 2.05) is 0 Å². The number of halogens is 3. The van der Waals surface area contributed by atoms with Crippen LogP contribution in [0.1, 0.15) is 0 Å². The third kappa shape index (κ3) is 3.33. The molecule has 2 aromatic carbocycles. The predicted octanol–water partition coefficient (Wildman–Crippen LogP) is 3.08. The number of hydrogen-bond donors (Lipinski definition) is 1. The van der Waals surface area contributed by atoms with E-state index in [0.29, 0.717) is 21.4 Å². The van der Waals surface area contributed by atoms with E-state index in [9.17, 15) is 18.4 Å². The third-order valence-electron chi connectivity index (χ3n) is 3.31. The highest BCUT2D eigenvalue weighted by Gasteiger charge is 2.11. The van der Waals surface area contributed by atoms with Crippen LogP contribution in [0, 0.1) is 11.6 Å². The Morgan fingerprint density at radius 3 is 2.75 bits per heavy atom. The molecule has 1 heterocycles. The number of carbonyl (C=O) groups excluding carboxylic acids is 1. The number of amides is 1. The van der Waals surface area contributed by atoms with Gasteiger partial charge in [0, 0.05) is 10.5 Å². The molecule has 0 aliphatic heterocycles. The van der Waals surface area contributed by atoms with Crippen molar-refractivity contribution in [1.29, 1.82) is 0 Å². The first-order chi connectivity index (χ1) is 11.4. The van der Waals surface area contributed by atoms with E-state index in [1.165, 1.54) is 6.33 Å². The molecule has 0 saturated heterocycles. The average Bonchev–Trinajstić information content (AvgIpc) is 2.53. The van der Waals surface area contributed by atoms with Crippen molar-refractivity contribution in [3.05, 3.63) is 69.2 Å². The largest absolute Gasteiger partial charge is 0.322 e. The second-order valence-corrected chi connectivity index (χ2v) is 5.93. The fourth-order valence-electron chi connectivity index (χ4n) is 2.18. The highest BCUT2D eigenvalue weighted by molar-refractivity contribution is 9.10. The Morgan fingerprint density at radius 2 is 2.00 bits per heavy atom. The zero-order valence-electron chi connectivity index (χ0n) is 12.1. The maximum Gasteiger partial charge on any atom is 0.261 e. The molecular formula is C16H10BrF2N3O2. The van der Waals surface area contributed by atoms with Crippen LogP contribution in [0.4, 0.5) is 14.5 Å². The van der Waals surface area contributed by atoms with Gasteiger partial charge < -0.3 is 5.32 Å². The van der Waals surface area contributed by atoms with Crippen LogP contribution in [-0.4, -0.2) is 15.5 Å². The lowest BCUT2D eigenvalue weighted by Crippen LogP contribution is -2.28. The van der Waals surface area contributed by atoms with Crippen molar-refractivity contribution in [1.82, 2.24) is 9.55 Å². The van der Waals surface area contributed by atoms with Gasteiger partial charge in [-0.1, -0.05) is 15.9 Å². The first-order valence-electron chi connectivity index (χ1n) is 6.83. The third-order valence-corrected chi connectivity index (χ3v) is 3.80. The molecule has 3 aromatic rings. The van der Waals surface area contributed by atoms with Crippen LogP contribution >= 0.6 is 15.9 Å². The molecule has 0 fully saturated rings. The molecule has 1 amide bonds. The van der Waals surface area contributed by atoms with Crippen molar-refractivity contribution in [3.63, 3.8) is 0 Å². The molecule has 24 heavy (non-hydrogen) atoms. The average molecular weight is 394 g/mol. The van der Waals surface area contributed by atoms with Crippen molar-refractivity contribution < 1.29 is 13.6 Å². The smallest absolute Gasteiger partial charge is 0.261 e. The molecule has 0 unspecified atom stereocenters. The molecule has 0 radical (unpaired) electrons. The van der Waals surface area contributed by atoms with Gasteiger partial charge in [0.05, 0.1) is 22.9 Å². The van der Waals surface area contributed by atoms with Gasteiger partial charge in [0.1, 0.15) is 18.2 Å². The molecule has 5 nitrogen and oxygen atoms in total. The second-order valence-electron chi connectivity index (χ2n) is 5.01. The zero-order valence-corrected chi connectivity index (χ0v) is 13.7. The lowest BCUT2D eigenvalue weighted by molar-refractivity contribution is -0.116. The van der Waals surface area contributed by atoms with Gasteiger partial charge in [-0.15, -0.1) is 0 Å². The number of nitrogens with one attached hydrogen (secondary N) is 1. The van der Waals surface area contributed by atoms with Crippen molar-refractivity contribution in [2.75, 3.05) is 5.32 Å². The molecule has 122 valence electrons. The molecule has 0 saturated carbocycles. The molecule has 1 aromatic heterocycles. The second kappa shape index (κ2) is 6.48. The highest BCUT2D eigenvalue weighted by atomic mass is 79.9. The molecule has 3 rings (SSSR count). The summed E-state index contributed by atoms with van der Waals surface area (Å²) in [6, 6.07) is 7.85. The number of anilines is 1. The first kappa shape index (κ1) is 16.3. The van der Waals surface area contributed by atoms with Crippen LogP contribution in [0.15, 0.2) is 52.0 Å². The quantitative estimate of drug-likeness (QED) is 0.743. The summed E-state index contributed by atoms with van der Waals surface area (Å²) >= 11 is 3.27. The molecule has 0 bridgehead atoms. The van der Waals surface area contributed by atoms with Gasteiger partial charge in [0.15, 0.2) is 0 Å². The van der Waals surface area contributed by atoms with Gasteiger partial charge in [0.2, 0.25) is 5.91 Å². The van der Waals surface area contributed by atoms with Crippen LogP contribution in [-0.2, 0) is 11.3 Å². The summed E-state index contributed by atoms with van der Waals surface area (Å²) in [6.45, 7) is -0.342. The summed E-state index contributed by atoms with van der Waals surface area (Å²) in [5, 5.41) is 2.65. The highest BCUT2D eigenvalue weighted by Crippen LogP contribution is 2.16. The summed E-state index contributed by atoms with van der Waals surface area (Å²) in [6.07, 6.45) is 1.25. The normalized spacial score (nSPS) is 10.8. The molecule has 1 N–H and O–H groups in total. The van der Waals surface area contributed by atoms with Crippen molar-refractivity contribution >= 4 is 38.4 Å². The molecule has 0 aliphatic rings. The maximum atomic E-state index is 13.5. The van der Waals surface area contributed by atoms with Crippen molar-refractivity contribution in [2.45, 2.75) is 6.54 Å². The van der Waals surface area contributed by atoms with Gasteiger partial charge in [-0.3, -0.25) is 14.2 Å². The van der Waals surface area contributed by atoms with Crippen molar-refractivity contribution in [2.24, 2.45) is 0 Å². The summed E-state index contributed by atoms with van der Waals surface area (Å²) in [5.74, 6) is -2.26. The standard InChI is InChI=1S/C16H10BrF2N3O2/c17-9-1-3-13-11(5-9)16(24)22(8-20-13)7-15(23)21-14-4-2-10(18)6-12(14)19/h1-6,8H,7H2,(H,21,23). The fourth-order valence-corrected chi connectivity index (χ4v) is 2.54. The van der Waals surface area contributed by atoms with Crippen LogP contribution in [0.5, 0.6) is 0 Å². The SMILES string of the molecule is O=C(Cn1cnc2ccc(Br)cc2c1=O)Nc1ccc(F)cc1F. The Hall–Kier alpha value is -2.61.